The molecule has 1 heterocycles. The fraction of sp³-hybridized carbons (Fsp3) is 0.600. The minimum Gasteiger partial charge on any atom is -0.381 e. The molecular weight excluding hydrogens is 248 g/mol. The van der Waals surface area contributed by atoms with E-state index in [1.54, 1.807) is 18.2 Å². The molecule has 0 bridgehead atoms. The van der Waals surface area contributed by atoms with E-state index in [1.807, 2.05) is 6.92 Å². The number of nitrogens with one attached hydrogen (secondary N) is 1. The van der Waals surface area contributed by atoms with Crippen LogP contribution in [0.25, 0.3) is 0 Å². The summed E-state index contributed by atoms with van der Waals surface area (Å²) in [5.74, 6) is -2.39. The second-order valence-corrected chi connectivity index (χ2v) is 5.19. The van der Waals surface area contributed by atoms with Gasteiger partial charge in [-0.05, 0) is 25.7 Å². The molecule has 1 saturated heterocycles. The van der Waals surface area contributed by atoms with Gasteiger partial charge in [0.2, 0.25) is 0 Å². The summed E-state index contributed by atoms with van der Waals surface area (Å²) in [4.78, 5) is 0. The second-order valence-electron chi connectivity index (χ2n) is 5.19. The van der Waals surface area contributed by atoms with Crippen molar-refractivity contribution in [3.05, 3.63) is 35.9 Å². The molecule has 1 N–H and O–H groups in total. The molecule has 1 aliphatic rings. The Balaban J connectivity index is 1.86. The number of halogens is 2. The quantitative estimate of drug-likeness (QED) is 0.886. The highest BCUT2D eigenvalue weighted by molar-refractivity contribution is 5.20. The zero-order valence-corrected chi connectivity index (χ0v) is 11.2. The third-order valence-corrected chi connectivity index (χ3v) is 3.82. The summed E-state index contributed by atoms with van der Waals surface area (Å²) in [6.07, 6.45) is 1.90. The lowest BCUT2D eigenvalue weighted by Crippen LogP contribution is -2.41. The largest absolute Gasteiger partial charge is 0.381 e. The summed E-state index contributed by atoms with van der Waals surface area (Å²) in [7, 11) is 0. The maximum Gasteiger partial charge on any atom is 0.285 e. The van der Waals surface area contributed by atoms with E-state index in [9.17, 15) is 8.78 Å². The van der Waals surface area contributed by atoms with Crippen LogP contribution in [0.2, 0.25) is 0 Å². The van der Waals surface area contributed by atoms with Crippen LogP contribution in [0.3, 0.4) is 0 Å². The fourth-order valence-corrected chi connectivity index (χ4v) is 2.46. The van der Waals surface area contributed by atoms with Crippen molar-refractivity contribution in [3.8, 4) is 0 Å². The van der Waals surface area contributed by atoms with Crippen LogP contribution in [0.5, 0.6) is 0 Å². The van der Waals surface area contributed by atoms with Crippen molar-refractivity contribution in [3.63, 3.8) is 0 Å². The summed E-state index contributed by atoms with van der Waals surface area (Å²) >= 11 is 0. The summed E-state index contributed by atoms with van der Waals surface area (Å²) in [5.41, 5.74) is 0.0710. The molecule has 0 aliphatic carbocycles. The van der Waals surface area contributed by atoms with E-state index in [-0.39, 0.29) is 18.2 Å². The first kappa shape index (κ1) is 14.4. The molecule has 0 aromatic heterocycles. The van der Waals surface area contributed by atoms with Gasteiger partial charge in [-0.25, -0.2) is 0 Å². The van der Waals surface area contributed by atoms with Gasteiger partial charge in [0.05, 0.1) is 6.54 Å². The topological polar surface area (TPSA) is 21.3 Å². The third kappa shape index (κ3) is 3.98. The van der Waals surface area contributed by atoms with Gasteiger partial charge >= 0.3 is 0 Å². The van der Waals surface area contributed by atoms with E-state index in [0.29, 0.717) is 5.92 Å². The van der Waals surface area contributed by atoms with Crippen molar-refractivity contribution in [2.24, 2.45) is 5.92 Å². The van der Waals surface area contributed by atoms with Crippen LogP contribution in [-0.2, 0) is 10.7 Å². The Bertz CT molecular complexity index is 377. The highest BCUT2D eigenvalue weighted by Crippen LogP contribution is 2.27. The minimum atomic E-state index is -2.82. The molecule has 0 radical (unpaired) electrons. The number of hydrogen-bond donors (Lipinski definition) is 1. The molecule has 19 heavy (non-hydrogen) atoms. The molecular formula is C15H21F2NO. The average molecular weight is 269 g/mol. The Morgan fingerprint density at radius 3 is 2.53 bits per heavy atom. The van der Waals surface area contributed by atoms with E-state index >= 15 is 0 Å². The molecule has 0 saturated carbocycles. The van der Waals surface area contributed by atoms with Gasteiger partial charge < -0.3 is 10.1 Å². The van der Waals surface area contributed by atoms with Crippen molar-refractivity contribution in [1.82, 2.24) is 5.32 Å². The lowest BCUT2D eigenvalue weighted by molar-refractivity contribution is -0.0105. The number of rotatable bonds is 5. The van der Waals surface area contributed by atoms with Crippen LogP contribution >= 0.6 is 0 Å². The van der Waals surface area contributed by atoms with Crippen LogP contribution in [0.4, 0.5) is 8.78 Å². The third-order valence-electron chi connectivity index (χ3n) is 3.82. The molecule has 1 atom stereocenters. The molecule has 0 amide bonds. The highest BCUT2D eigenvalue weighted by Gasteiger charge is 2.32. The normalized spacial score (nSPS) is 19.3. The van der Waals surface area contributed by atoms with Crippen molar-refractivity contribution in [1.29, 1.82) is 0 Å². The summed E-state index contributed by atoms with van der Waals surface area (Å²) < 4.78 is 33.3. The standard InChI is InChI=1S/C15H21F2NO/c1-12(13-7-9-19-10-8-13)18-11-15(16,17)14-5-3-2-4-6-14/h2-6,12-13,18H,7-11H2,1H3. The number of ether oxygens (including phenoxy) is 1. The van der Waals surface area contributed by atoms with Gasteiger partial charge in [0, 0.05) is 24.8 Å². The van der Waals surface area contributed by atoms with Crippen molar-refractivity contribution < 1.29 is 13.5 Å². The van der Waals surface area contributed by atoms with Crippen LogP contribution in [0.15, 0.2) is 30.3 Å². The van der Waals surface area contributed by atoms with Gasteiger partial charge in [-0.2, -0.15) is 8.78 Å². The molecule has 1 aromatic rings. The lowest BCUT2D eigenvalue weighted by Gasteiger charge is -2.30. The van der Waals surface area contributed by atoms with E-state index in [1.165, 1.54) is 12.1 Å². The predicted molar refractivity (Wildman–Crippen MR) is 71.3 cm³/mol. The van der Waals surface area contributed by atoms with Gasteiger partial charge in [0.25, 0.3) is 5.92 Å². The molecule has 4 heteroatoms. The van der Waals surface area contributed by atoms with Gasteiger partial charge in [-0.15, -0.1) is 0 Å². The number of benzene rings is 1. The summed E-state index contributed by atoms with van der Waals surface area (Å²) in [6, 6.07) is 8.08. The number of alkyl halides is 2. The molecule has 1 unspecified atom stereocenters. The molecule has 1 aromatic carbocycles. The Morgan fingerprint density at radius 1 is 1.26 bits per heavy atom. The predicted octanol–water partition coefficient (Wildman–Crippen LogP) is 3.18. The molecule has 0 spiro atoms. The number of hydrogen-bond acceptors (Lipinski definition) is 2. The van der Waals surface area contributed by atoms with E-state index in [4.69, 9.17) is 4.74 Å². The average Bonchev–Trinajstić information content (AvgIpc) is 2.47. The smallest absolute Gasteiger partial charge is 0.285 e. The van der Waals surface area contributed by atoms with Crippen LogP contribution in [0, 0.1) is 5.92 Å². The first-order valence-electron chi connectivity index (χ1n) is 6.84. The minimum absolute atomic E-state index is 0.0710. The first-order chi connectivity index (χ1) is 9.09. The van der Waals surface area contributed by atoms with Gasteiger partial charge in [-0.3, -0.25) is 0 Å². The molecule has 1 fully saturated rings. The maximum absolute atomic E-state index is 14.0. The Morgan fingerprint density at radius 2 is 1.89 bits per heavy atom. The van der Waals surface area contributed by atoms with Crippen molar-refractivity contribution in [2.75, 3.05) is 19.8 Å². The second kappa shape index (κ2) is 6.44. The van der Waals surface area contributed by atoms with Crippen LogP contribution in [-0.4, -0.2) is 25.8 Å². The van der Waals surface area contributed by atoms with Crippen LogP contribution in [0.1, 0.15) is 25.3 Å². The van der Waals surface area contributed by atoms with Gasteiger partial charge in [-0.1, -0.05) is 30.3 Å². The molecule has 106 valence electrons. The highest BCUT2D eigenvalue weighted by atomic mass is 19.3. The van der Waals surface area contributed by atoms with E-state index in [0.717, 1.165) is 26.1 Å². The maximum atomic E-state index is 14.0. The molecule has 2 rings (SSSR count). The Kier molecular flexibility index (Phi) is 4.88. The van der Waals surface area contributed by atoms with Crippen LogP contribution < -0.4 is 5.32 Å². The zero-order chi connectivity index (χ0) is 13.7. The van der Waals surface area contributed by atoms with Gasteiger partial charge in [0.1, 0.15) is 0 Å². The Hall–Kier alpha value is -1.00. The van der Waals surface area contributed by atoms with E-state index in [2.05, 4.69) is 5.32 Å². The fourth-order valence-electron chi connectivity index (χ4n) is 2.46. The van der Waals surface area contributed by atoms with Crippen molar-refractivity contribution >= 4 is 0 Å². The first-order valence-corrected chi connectivity index (χ1v) is 6.84. The SMILES string of the molecule is CC(NCC(F)(F)c1ccccc1)C1CCOCC1. The van der Waals surface area contributed by atoms with E-state index < -0.39 is 5.92 Å². The summed E-state index contributed by atoms with van der Waals surface area (Å²) in [5, 5.41) is 2.99. The molecule has 2 nitrogen and oxygen atoms in total. The van der Waals surface area contributed by atoms with Gasteiger partial charge in [0.15, 0.2) is 0 Å². The van der Waals surface area contributed by atoms with Crippen molar-refractivity contribution in [2.45, 2.75) is 31.7 Å². The monoisotopic (exact) mass is 269 g/mol. The Labute approximate surface area is 113 Å². The zero-order valence-electron chi connectivity index (χ0n) is 11.2. The lowest BCUT2D eigenvalue weighted by atomic mass is 9.92. The summed E-state index contributed by atoms with van der Waals surface area (Å²) in [6.45, 7) is 3.16. The molecule has 1 aliphatic heterocycles.